The van der Waals surface area contributed by atoms with E-state index in [9.17, 15) is 4.79 Å². The second-order valence-electron chi connectivity index (χ2n) is 6.48. The summed E-state index contributed by atoms with van der Waals surface area (Å²) in [5, 5.41) is 3.50. The standard InChI is InChI=1S/C17H25ClN2O3/c1-5-23-14-9-17(19,16(14,2)3)15(21)20-10-11-6-7-12(18)8-13(11)22-4/h6-8,14H,5,9-10,19H2,1-4H3,(H,20,21). The third-order valence-electron chi connectivity index (χ3n) is 4.92. The monoisotopic (exact) mass is 340 g/mol. The Kier molecular flexibility index (Phi) is 5.23. The lowest BCUT2D eigenvalue weighted by Gasteiger charge is -2.57. The molecule has 23 heavy (non-hydrogen) atoms. The molecule has 2 atom stereocenters. The van der Waals surface area contributed by atoms with E-state index in [4.69, 9.17) is 26.8 Å². The van der Waals surface area contributed by atoms with Crippen LogP contribution < -0.4 is 15.8 Å². The van der Waals surface area contributed by atoms with Crippen molar-refractivity contribution in [2.75, 3.05) is 13.7 Å². The van der Waals surface area contributed by atoms with Gasteiger partial charge in [-0.15, -0.1) is 0 Å². The van der Waals surface area contributed by atoms with E-state index in [1.165, 1.54) is 0 Å². The van der Waals surface area contributed by atoms with Crippen LogP contribution in [0.25, 0.3) is 0 Å². The molecule has 1 amide bonds. The summed E-state index contributed by atoms with van der Waals surface area (Å²) in [5.74, 6) is 0.472. The number of halogens is 1. The molecule has 1 aromatic rings. The van der Waals surface area contributed by atoms with Crippen LogP contribution in [0, 0.1) is 5.41 Å². The minimum absolute atomic E-state index is 0.00770. The van der Waals surface area contributed by atoms with Gasteiger partial charge in [-0.1, -0.05) is 31.5 Å². The largest absolute Gasteiger partial charge is 0.496 e. The SMILES string of the molecule is CCOC1CC(N)(C(=O)NCc2ccc(Cl)cc2OC)C1(C)C. The highest BCUT2D eigenvalue weighted by Crippen LogP contribution is 2.49. The van der Waals surface area contributed by atoms with Crippen molar-refractivity contribution in [1.29, 1.82) is 0 Å². The molecule has 5 nitrogen and oxygen atoms in total. The van der Waals surface area contributed by atoms with Gasteiger partial charge in [-0.3, -0.25) is 4.79 Å². The van der Waals surface area contributed by atoms with E-state index < -0.39 is 11.0 Å². The molecule has 128 valence electrons. The van der Waals surface area contributed by atoms with Crippen molar-refractivity contribution in [3.8, 4) is 5.75 Å². The van der Waals surface area contributed by atoms with Crippen molar-refractivity contribution in [3.05, 3.63) is 28.8 Å². The summed E-state index contributed by atoms with van der Waals surface area (Å²) < 4.78 is 10.9. The Morgan fingerprint density at radius 2 is 2.17 bits per heavy atom. The van der Waals surface area contributed by atoms with E-state index in [0.717, 1.165) is 5.56 Å². The number of hydrogen-bond donors (Lipinski definition) is 2. The summed E-state index contributed by atoms with van der Waals surface area (Å²) in [4.78, 5) is 12.6. The number of nitrogens with one attached hydrogen (secondary N) is 1. The maximum absolute atomic E-state index is 12.6. The van der Waals surface area contributed by atoms with Crippen molar-refractivity contribution >= 4 is 17.5 Å². The zero-order chi connectivity index (χ0) is 17.3. The fourth-order valence-corrected chi connectivity index (χ4v) is 3.18. The van der Waals surface area contributed by atoms with Crippen LogP contribution >= 0.6 is 11.6 Å². The molecule has 3 N–H and O–H groups in total. The number of hydrogen-bond acceptors (Lipinski definition) is 4. The molecule has 1 aliphatic rings. The molecular weight excluding hydrogens is 316 g/mol. The number of carbonyl (C=O) groups is 1. The molecule has 1 saturated carbocycles. The average Bonchev–Trinajstić information content (AvgIpc) is 2.52. The van der Waals surface area contributed by atoms with Gasteiger partial charge in [0.25, 0.3) is 0 Å². The minimum Gasteiger partial charge on any atom is -0.496 e. The van der Waals surface area contributed by atoms with Gasteiger partial charge in [-0.25, -0.2) is 0 Å². The highest BCUT2D eigenvalue weighted by Gasteiger charge is 2.62. The summed E-state index contributed by atoms with van der Waals surface area (Å²) in [6, 6.07) is 5.32. The summed E-state index contributed by atoms with van der Waals surface area (Å²) in [6.07, 6.45) is 0.533. The molecule has 0 radical (unpaired) electrons. The molecule has 1 aromatic carbocycles. The van der Waals surface area contributed by atoms with E-state index in [1.807, 2.05) is 26.8 Å². The molecule has 6 heteroatoms. The fourth-order valence-electron chi connectivity index (χ4n) is 3.02. The molecule has 0 spiro atoms. The second kappa shape index (κ2) is 6.67. The lowest BCUT2D eigenvalue weighted by Crippen LogP contribution is -2.75. The lowest BCUT2D eigenvalue weighted by molar-refractivity contribution is -0.170. The lowest BCUT2D eigenvalue weighted by atomic mass is 9.54. The molecule has 2 unspecified atom stereocenters. The van der Waals surface area contributed by atoms with Gasteiger partial charge in [0, 0.05) is 35.6 Å². The molecular formula is C17H25ClN2O3. The topological polar surface area (TPSA) is 73.6 Å². The van der Waals surface area contributed by atoms with Crippen LogP contribution in [0.2, 0.25) is 5.02 Å². The predicted octanol–water partition coefficient (Wildman–Crippen LogP) is 2.50. The summed E-state index contributed by atoms with van der Waals surface area (Å²) in [7, 11) is 1.57. The van der Waals surface area contributed by atoms with Crippen LogP contribution in [0.1, 0.15) is 32.8 Å². The molecule has 0 heterocycles. The Balaban J connectivity index is 2.03. The normalized spacial score (nSPS) is 25.6. The number of amides is 1. The highest BCUT2D eigenvalue weighted by molar-refractivity contribution is 6.30. The van der Waals surface area contributed by atoms with E-state index in [2.05, 4.69) is 5.32 Å². The Labute approximate surface area is 142 Å². The van der Waals surface area contributed by atoms with E-state index in [-0.39, 0.29) is 12.0 Å². The number of rotatable bonds is 6. The first-order valence-electron chi connectivity index (χ1n) is 7.77. The first-order chi connectivity index (χ1) is 10.8. The zero-order valence-corrected chi connectivity index (χ0v) is 14.9. The fraction of sp³-hybridized carbons (Fsp3) is 0.588. The van der Waals surface area contributed by atoms with Crippen molar-refractivity contribution < 1.29 is 14.3 Å². The van der Waals surface area contributed by atoms with Gasteiger partial charge in [0.05, 0.1) is 13.2 Å². The van der Waals surface area contributed by atoms with Crippen LogP contribution in [0.4, 0.5) is 0 Å². The zero-order valence-electron chi connectivity index (χ0n) is 14.1. The molecule has 0 aliphatic heterocycles. The first kappa shape index (κ1) is 18.0. The van der Waals surface area contributed by atoms with Crippen LogP contribution in [-0.2, 0) is 16.1 Å². The molecule has 0 aromatic heterocycles. The van der Waals surface area contributed by atoms with Crippen molar-refractivity contribution in [2.45, 2.75) is 45.4 Å². The smallest absolute Gasteiger partial charge is 0.241 e. The Hall–Kier alpha value is -1.30. The second-order valence-corrected chi connectivity index (χ2v) is 6.92. The third kappa shape index (κ3) is 3.18. The van der Waals surface area contributed by atoms with Crippen LogP contribution in [0.5, 0.6) is 5.75 Å². The van der Waals surface area contributed by atoms with Crippen molar-refractivity contribution in [3.63, 3.8) is 0 Å². The number of nitrogens with two attached hydrogens (primary N) is 1. The van der Waals surface area contributed by atoms with E-state index >= 15 is 0 Å². The van der Waals surface area contributed by atoms with Gasteiger partial charge in [-0.2, -0.15) is 0 Å². The van der Waals surface area contributed by atoms with Crippen molar-refractivity contribution in [1.82, 2.24) is 5.32 Å². The Morgan fingerprint density at radius 1 is 1.48 bits per heavy atom. The van der Waals surface area contributed by atoms with Crippen LogP contribution in [0.3, 0.4) is 0 Å². The molecule has 1 aliphatic carbocycles. The molecule has 0 bridgehead atoms. The quantitative estimate of drug-likeness (QED) is 0.834. The first-order valence-corrected chi connectivity index (χ1v) is 8.15. The summed E-state index contributed by atoms with van der Waals surface area (Å²) in [5.41, 5.74) is 5.88. The van der Waals surface area contributed by atoms with Gasteiger partial charge in [0.2, 0.25) is 5.91 Å². The van der Waals surface area contributed by atoms with E-state index in [0.29, 0.717) is 30.3 Å². The summed E-state index contributed by atoms with van der Waals surface area (Å²) in [6.45, 7) is 6.85. The van der Waals surface area contributed by atoms with Gasteiger partial charge in [-0.05, 0) is 19.1 Å². The van der Waals surface area contributed by atoms with Gasteiger partial charge >= 0.3 is 0 Å². The molecule has 0 saturated heterocycles. The number of carbonyl (C=O) groups excluding carboxylic acids is 1. The molecule has 1 fully saturated rings. The summed E-state index contributed by atoms with van der Waals surface area (Å²) >= 11 is 5.94. The van der Waals surface area contributed by atoms with Crippen LogP contribution in [0.15, 0.2) is 18.2 Å². The maximum atomic E-state index is 12.6. The predicted molar refractivity (Wildman–Crippen MR) is 90.6 cm³/mol. The van der Waals surface area contributed by atoms with Gasteiger partial charge < -0.3 is 20.5 Å². The Bertz CT molecular complexity index is 591. The van der Waals surface area contributed by atoms with E-state index in [1.54, 1.807) is 19.2 Å². The Morgan fingerprint density at radius 3 is 2.74 bits per heavy atom. The maximum Gasteiger partial charge on any atom is 0.241 e. The number of benzene rings is 1. The van der Waals surface area contributed by atoms with Crippen LogP contribution in [-0.4, -0.2) is 31.3 Å². The molecule has 2 rings (SSSR count). The third-order valence-corrected chi connectivity index (χ3v) is 5.16. The van der Waals surface area contributed by atoms with Crippen molar-refractivity contribution in [2.24, 2.45) is 11.1 Å². The average molecular weight is 341 g/mol. The minimum atomic E-state index is -0.924. The number of ether oxygens (including phenoxy) is 2. The van der Waals surface area contributed by atoms with Gasteiger partial charge in [0.1, 0.15) is 11.3 Å². The number of methoxy groups -OCH3 is 1. The van der Waals surface area contributed by atoms with Gasteiger partial charge in [0.15, 0.2) is 0 Å². The highest BCUT2D eigenvalue weighted by atomic mass is 35.5.